The van der Waals surface area contributed by atoms with Crippen LogP contribution < -0.4 is 21.2 Å². The maximum atomic E-state index is 12.7. The van der Waals surface area contributed by atoms with Crippen LogP contribution in [0.5, 0.6) is 0 Å². The molecule has 11 aromatic rings. The van der Waals surface area contributed by atoms with Gasteiger partial charge in [0.15, 0.2) is 11.6 Å². The number of anilines is 2. The van der Waals surface area contributed by atoms with Crippen LogP contribution in [0.4, 0.5) is 11.4 Å². The molecule has 96 heavy (non-hydrogen) atoms. The van der Waals surface area contributed by atoms with Crippen molar-refractivity contribution in [1.29, 1.82) is 0 Å². The number of nitrogens with two attached hydrogens (primary N) is 1. The number of ketones is 2. The largest absolute Gasteiger partial charge is 0.498 e. The van der Waals surface area contributed by atoms with Gasteiger partial charge in [-0.05, 0) is 158 Å². The number of carbonyl (C=O) groups excluding carboxylic acids is 2. The van der Waals surface area contributed by atoms with Crippen LogP contribution in [0.15, 0.2) is 145 Å². The van der Waals surface area contributed by atoms with Crippen molar-refractivity contribution >= 4 is 74.7 Å². The third kappa shape index (κ3) is 15.2. The Hall–Kier alpha value is -8.87. The van der Waals surface area contributed by atoms with Gasteiger partial charge in [0.05, 0.1) is 64.5 Å². The van der Waals surface area contributed by atoms with E-state index in [1.807, 2.05) is 182 Å². The normalized spacial score (nSPS) is 17.4. The number of carbonyl (C=O) groups is 2. The van der Waals surface area contributed by atoms with Gasteiger partial charge < -0.3 is 20.4 Å². The van der Waals surface area contributed by atoms with Gasteiger partial charge in [-0.25, -0.2) is 9.36 Å². The van der Waals surface area contributed by atoms with Crippen molar-refractivity contribution in [2.75, 3.05) is 11.1 Å². The molecule has 15 rings (SSSR count). The Morgan fingerprint density at radius 2 is 1.10 bits per heavy atom. The van der Waals surface area contributed by atoms with Crippen molar-refractivity contribution in [1.82, 2.24) is 69.6 Å². The van der Waals surface area contributed by atoms with Crippen LogP contribution in [-0.4, -0.2) is 99.5 Å². The number of hydrogen-bond donors (Lipinski definition) is 3. The third-order valence-electron chi connectivity index (χ3n) is 17.6. The molecule has 0 saturated carbocycles. The number of Topliss-reactive ketones (excluding diaryl/α,β-unsaturated/α-hetero) is 2. The van der Waals surface area contributed by atoms with E-state index in [1.165, 1.54) is 11.1 Å². The van der Waals surface area contributed by atoms with E-state index in [2.05, 4.69) is 104 Å². The van der Waals surface area contributed by atoms with Crippen LogP contribution in [0.25, 0.3) is 56.0 Å². The van der Waals surface area contributed by atoms with Crippen molar-refractivity contribution in [2.45, 2.75) is 139 Å². The van der Waals surface area contributed by atoms with Gasteiger partial charge in [0.25, 0.3) is 0 Å². The maximum absolute atomic E-state index is 12.7. The smallest absolute Gasteiger partial charge is 0.399 e. The van der Waals surface area contributed by atoms with Gasteiger partial charge in [0.2, 0.25) is 11.4 Å². The molecule has 6 aromatic heterocycles. The Bertz CT molecular complexity index is 4540. The van der Waals surface area contributed by atoms with Gasteiger partial charge >= 0.3 is 7.12 Å². The lowest BCUT2D eigenvalue weighted by molar-refractivity contribution is -0.764. The molecule has 0 bridgehead atoms. The molecule has 0 amide bonds. The molecule has 1 fully saturated rings. The van der Waals surface area contributed by atoms with E-state index in [1.54, 1.807) is 39.8 Å². The summed E-state index contributed by atoms with van der Waals surface area (Å²) in [6, 6.07) is 33.8. The first-order valence-electron chi connectivity index (χ1n) is 31.0. The Kier molecular flexibility index (Phi) is 21.8. The number of aromatic amines is 1. The monoisotopic (exact) mass is 1400 g/mol. The molecule has 1 saturated heterocycles. The summed E-state index contributed by atoms with van der Waals surface area (Å²) in [7, 11) is 5.41. The highest BCUT2D eigenvalue weighted by atomic mass is 79.9. The fourth-order valence-electron chi connectivity index (χ4n) is 11.9. The minimum absolute atomic E-state index is 0. The number of nitrogens with one attached hydrogen (secondary N) is 2. The van der Waals surface area contributed by atoms with E-state index in [0.29, 0.717) is 12.8 Å². The minimum Gasteiger partial charge on any atom is -0.399 e. The first-order valence-corrected chi connectivity index (χ1v) is 32.6. The van der Waals surface area contributed by atoms with Gasteiger partial charge in [-0.2, -0.15) is 20.0 Å². The van der Waals surface area contributed by atoms with Gasteiger partial charge in [-0.15, -0.1) is 10.2 Å². The predicted molar refractivity (Wildman–Crippen MR) is 386 cm³/mol. The van der Waals surface area contributed by atoms with Crippen molar-refractivity contribution in [3.8, 4) is 56.0 Å². The third-order valence-corrected chi connectivity index (χ3v) is 18.6. The zero-order chi connectivity index (χ0) is 67.1. The Labute approximate surface area is 581 Å². The Morgan fingerprint density at radius 1 is 0.625 bits per heavy atom. The molecule has 21 nitrogen and oxygen atoms in total. The number of hydrogen-bond acceptors (Lipinski definition) is 14. The summed E-state index contributed by atoms with van der Waals surface area (Å²) in [5.74, 6) is 0.298. The van der Waals surface area contributed by atoms with Crippen molar-refractivity contribution < 1.29 is 25.0 Å². The molecular formula is C71H86BBrCl2N17O4+. The number of H-pyrrole nitrogens is 1. The SMILES string of the molecule is C.C.Cc1n[nH][n+]2c1-c1ccc(-c3cnn(C)c3)cc1C(Nc1ccc(Cl)cc1)CC2C.Cc1nnn2c1-c1ccc(-c3cnn(C)c3)cc1C(=O)CC2C.Cc1nnn2c1-c1ccc(Br)cc1C(=O)CC2C.Cn1cc(B2OC(C)(C)C(C)(C)O2)cn1.Nc1ccc(Cl)cc1.[2HH]. The lowest BCUT2D eigenvalue weighted by Crippen LogP contribution is -2.41. The molecule has 25 heteroatoms. The average molecular weight is 1400 g/mol. The standard InChI is InChI=1S/C23H23ClN6.C17H17N5O.C13H12BrN3O.C10H17BN2O2.C6H6ClN.2CH4.H2/c1-14-10-22(26-19-7-5-18(24)6-8-19)21-11-16(17-12-25-29(3)13-17)4-9-20(21)23-15(2)27-28-30(14)23;1-10-6-16(23)15-7-12(13-8-18-21(3)9-13)4-5-14(15)17-11(2)19-20-22(10)17;1-7-5-12(18)11-6-9(14)3-4-10(11)13-8(2)15-16-17(7)13;1-9(2)10(3,4)15-11(14-9)8-6-12-13(5)7-8;7-5-1-3-6(8)4-2-5;;;/h4-9,11-14,22,26H,10H2,1-3H3;4-5,7-10H,6H2,1-3H3;3-4,6-7H,5H2,1-2H3;6-7H,1-5H3;1-4H,8H2;2*1H4;1H/p+1/i;;;;;;;1+1. The predicted octanol–water partition coefficient (Wildman–Crippen LogP) is 15.0. The minimum atomic E-state index is -0.302. The number of fused-ring (bicyclic) bond motifs is 9. The van der Waals surface area contributed by atoms with Crippen molar-refractivity contribution in [3.63, 3.8) is 0 Å². The van der Waals surface area contributed by atoms with Crippen molar-refractivity contribution in [3.05, 3.63) is 189 Å². The van der Waals surface area contributed by atoms with E-state index in [-0.39, 0.29) is 70.3 Å². The molecule has 4 unspecified atom stereocenters. The van der Waals surface area contributed by atoms with E-state index in [4.69, 9.17) is 38.2 Å². The average Bonchev–Trinajstić information content (AvgIpc) is 1.67. The van der Waals surface area contributed by atoms with Crippen LogP contribution in [0, 0.1) is 20.8 Å². The molecule has 4 N–H and O–H groups in total. The van der Waals surface area contributed by atoms with E-state index in [9.17, 15) is 9.59 Å². The van der Waals surface area contributed by atoms with Crippen molar-refractivity contribution in [2.24, 2.45) is 21.1 Å². The molecular weight excluding hydrogens is 1320 g/mol. The highest BCUT2D eigenvalue weighted by Gasteiger charge is 2.52. The summed E-state index contributed by atoms with van der Waals surface area (Å²) in [6.45, 7) is 20.3. The second-order valence-corrected chi connectivity index (χ2v) is 27.1. The van der Waals surface area contributed by atoms with E-state index < -0.39 is 0 Å². The van der Waals surface area contributed by atoms with Crippen LogP contribution >= 0.6 is 39.1 Å². The highest BCUT2D eigenvalue weighted by molar-refractivity contribution is 9.10. The lowest BCUT2D eigenvalue weighted by atomic mass is 9.82. The molecule has 502 valence electrons. The van der Waals surface area contributed by atoms with Gasteiger partial charge in [0, 0.05) is 149 Å². The number of halogens is 3. The first kappa shape index (κ1) is 71.4. The molecule has 4 atom stereocenters. The molecule has 4 aliphatic rings. The zero-order valence-corrected chi connectivity index (χ0v) is 58.0. The number of aromatic nitrogens is 15. The first-order chi connectivity index (χ1) is 44.7. The van der Waals surface area contributed by atoms with E-state index >= 15 is 0 Å². The Balaban J connectivity index is 0.000000161. The maximum Gasteiger partial charge on any atom is 0.498 e. The lowest BCUT2D eigenvalue weighted by Gasteiger charge is -2.32. The summed E-state index contributed by atoms with van der Waals surface area (Å²) in [5.41, 5.74) is 23.4. The molecule has 0 spiro atoms. The number of nitrogen functional groups attached to an aromatic ring is 1. The van der Waals surface area contributed by atoms with E-state index in [0.717, 1.165) is 116 Å². The number of aryl methyl sites for hydroxylation is 6. The topological polar surface area (TPSA) is 238 Å². The molecule has 4 aliphatic heterocycles. The Morgan fingerprint density at radius 3 is 1.60 bits per heavy atom. The summed E-state index contributed by atoms with van der Waals surface area (Å²) in [6.07, 6.45) is 13.2. The zero-order valence-electron chi connectivity index (χ0n) is 54.9. The summed E-state index contributed by atoms with van der Waals surface area (Å²) in [4.78, 5) is 25.0. The van der Waals surface area contributed by atoms with Gasteiger partial charge in [-0.3, -0.25) is 23.6 Å². The van der Waals surface area contributed by atoms with Gasteiger partial charge in [0.1, 0.15) is 6.04 Å². The van der Waals surface area contributed by atoms with Crippen LogP contribution in [-0.2, 0) is 30.5 Å². The fourth-order valence-corrected chi connectivity index (χ4v) is 12.6. The van der Waals surface area contributed by atoms with Gasteiger partial charge in [-0.1, -0.05) is 93.9 Å². The fraction of sp³-hybridized carbons (Fsp3) is 0.338. The molecule has 0 radical (unpaired) electrons. The summed E-state index contributed by atoms with van der Waals surface area (Å²) in [5, 5.41) is 42.2. The molecule has 10 heterocycles. The van der Waals surface area contributed by atoms with Crippen LogP contribution in [0.3, 0.4) is 0 Å². The summed E-state index contributed by atoms with van der Waals surface area (Å²) >= 11 is 15.1. The van der Waals surface area contributed by atoms with Crippen LogP contribution in [0.1, 0.15) is 152 Å². The quantitative estimate of drug-likeness (QED) is 0.0825. The summed E-state index contributed by atoms with van der Waals surface area (Å²) < 4.78 is 23.9. The highest BCUT2D eigenvalue weighted by Crippen LogP contribution is 2.42. The second-order valence-electron chi connectivity index (χ2n) is 25.3. The number of nitrogens with zero attached hydrogens (tertiary/aromatic N) is 14. The number of benzene rings is 5. The molecule has 5 aromatic carbocycles. The number of rotatable bonds is 5. The van der Waals surface area contributed by atoms with Crippen LogP contribution in [0.2, 0.25) is 10.0 Å². The molecule has 0 aliphatic carbocycles. The second kappa shape index (κ2) is 29.2.